The van der Waals surface area contributed by atoms with E-state index in [0.717, 1.165) is 0 Å². The molecule has 0 unspecified atom stereocenters. The molecule has 3 N–H and O–H groups in total. The Morgan fingerprint density at radius 1 is 1.26 bits per heavy atom. The van der Waals surface area contributed by atoms with Crippen LogP contribution in [0.1, 0.15) is 5.56 Å². The third kappa shape index (κ3) is 2.41. The molecule has 0 bridgehead atoms. The highest BCUT2D eigenvalue weighted by Crippen LogP contribution is 2.39. The number of aromatic amines is 1. The van der Waals surface area contributed by atoms with Gasteiger partial charge in [-0.25, -0.2) is 9.37 Å². The minimum atomic E-state index is -0.564. The minimum Gasteiger partial charge on any atom is -0.382 e. The summed E-state index contributed by atoms with van der Waals surface area (Å²) in [5, 5.41) is 18.9. The predicted octanol–water partition coefficient (Wildman–Crippen LogP) is 2.29. The minimum absolute atomic E-state index is 0.00791. The van der Waals surface area contributed by atoms with Gasteiger partial charge in [0, 0.05) is 28.3 Å². The number of benzene rings is 1. The van der Waals surface area contributed by atoms with E-state index in [9.17, 15) is 0 Å². The number of fused-ring (bicyclic) bond motifs is 2. The molecule has 9 nitrogen and oxygen atoms in total. The lowest BCUT2D eigenvalue weighted by molar-refractivity contribution is 0.541. The molecule has 4 aromatic heterocycles. The van der Waals surface area contributed by atoms with Gasteiger partial charge in [0.1, 0.15) is 17.3 Å². The lowest BCUT2D eigenvalue weighted by atomic mass is 9.99. The summed E-state index contributed by atoms with van der Waals surface area (Å²) < 4.78 is 16.9. The summed E-state index contributed by atoms with van der Waals surface area (Å²) in [6.07, 6.45) is 6.37. The van der Waals surface area contributed by atoms with Gasteiger partial charge in [-0.15, -0.1) is 10.2 Å². The number of anilines is 1. The van der Waals surface area contributed by atoms with E-state index in [1.165, 1.54) is 11.1 Å². The van der Waals surface area contributed by atoms with Gasteiger partial charge >= 0.3 is 0 Å². The maximum atomic E-state index is 15.2. The van der Waals surface area contributed by atoms with Crippen LogP contribution in [0.3, 0.4) is 0 Å². The van der Waals surface area contributed by atoms with Crippen molar-refractivity contribution >= 4 is 34.0 Å². The number of H-pyrrole nitrogens is 1. The zero-order valence-electron chi connectivity index (χ0n) is 13.6. The quantitative estimate of drug-likeness (QED) is 0.494. The number of hydrogen-bond donors (Lipinski definition) is 2. The number of nitrogens with zero attached hydrogens (tertiary/aromatic N) is 7. The molecule has 0 aliphatic rings. The highest BCUT2D eigenvalue weighted by molar-refractivity contribution is 6.35. The largest absolute Gasteiger partial charge is 0.382 e. The van der Waals surface area contributed by atoms with Gasteiger partial charge in [0.25, 0.3) is 0 Å². The van der Waals surface area contributed by atoms with E-state index in [-0.39, 0.29) is 11.6 Å². The number of nitrogen functional groups attached to an aromatic ring is 1. The first-order chi connectivity index (χ1) is 13.1. The number of rotatable bonds is 3. The van der Waals surface area contributed by atoms with E-state index in [1.807, 2.05) is 6.07 Å². The van der Waals surface area contributed by atoms with Crippen LogP contribution in [-0.2, 0) is 6.54 Å². The topological polar surface area (TPSA) is 116 Å². The first-order valence-corrected chi connectivity index (χ1v) is 8.28. The Balaban J connectivity index is 1.75. The molecule has 0 atom stereocenters. The summed E-state index contributed by atoms with van der Waals surface area (Å²) in [5.74, 6) is -0.167. The second-order valence-electron chi connectivity index (χ2n) is 5.96. The van der Waals surface area contributed by atoms with Gasteiger partial charge in [0.05, 0.1) is 29.5 Å². The van der Waals surface area contributed by atoms with Crippen LogP contribution < -0.4 is 5.73 Å². The second-order valence-corrected chi connectivity index (χ2v) is 6.33. The molecular weight excluding hydrogens is 373 g/mol. The maximum absolute atomic E-state index is 15.2. The number of pyridine rings is 1. The smallest absolute Gasteiger partial charge is 0.162 e. The molecule has 5 aromatic rings. The summed E-state index contributed by atoms with van der Waals surface area (Å²) in [4.78, 5) is 5.46. The molecule has 0 saturated heterocycles. The molecule has 134 valence electrons. The summed E-state index contributed by atoms with van der Waals surface area (Å²) in [5.41, 5.74) is 8.49. The first-order valence-electron chi connectivity index (χ1n) is 7.90. The molecule has 0 aliphatic heterocycles. The fraction of sp³-hybridized carbons (Fsp3) is 0.0625. The van der Waals surface area contributed by atoms with Gasteiger partial charge in [-0.3, -0.25) is 5.10 Å². The fourth-order valence-electron chi connectivity index (χ4n) is 3.17. The Hall–Kier alpha value is -3.53. The third-order valence-electron chi connectivity index (χ3n) is 4.34. The van der Waals surface area contributed by atoms with Crippen molar-refractivity contribution < 1.29 is 4.39 Å². The molecule has 11 heteroatoms. The number of hydrogen-bond acceptors (Lipinski definition) is 6. The standard InChI is InChI=1S/C16H11ClFN9/c17-14-13(8-1-2-12-23-11(19)6-26(12)4-8)9-3-20-24-16(9)10(15(14)18)5-27-22-7-21-25-27/h1-4,6-7H,5,19H2,(H,20,24). The fourth-order valence-corrected chi connectivity index (χ4v) is 3.49. The lowest BCUT2D eigenvalue weighted by Gasteiger charge is -2.12. The van der Waals surface area contributed by atoms with Gasteiger partial charge in [-0.1, -0.05) is 11.6 Å². The van der Waals surface area contributed by atoms with Crippen molar-refractivity contribution in [1.82, 2.24) is 39.8 Å². The highest BCUT2D eigenvalue weighted by Gasteiger charge is 2.22. The normalized spacial score (nSPS) is 11.6. The Morgan fingerprint density at radius 3 is 2.96 bits per heavy atom. The number of nitrogens with one attached hydrogen (secondary N) is 1. The summed E-state index contributed by atoms with van der Waals surface area (Å²) in [6, 6.07) is 3.60. The van der Waals surface area contributed by atoms with Gasteiger partial charge < -0.3 is 10.1 Å². The van der Waals surface area contributed by atoms with Crippen LogP contribution in [0.2, 0.25) is 5.02 Å². The highest BCUT2D eigenvalue weighted by atomic mass is 35.5. The van der Waals surface area contributed by atoms with Crippen molar-refractivity contribution in [2.45, 2.75) is 6.54 Å². The average Bonchev–Trinajstić information content (AvgIpc) is 3.38. The van der Waals surface area contributed by atoms with Crippen LogP contribution in [0.5, 0.6) is 0 Å². The Morgan fingerprint density at radius 2 is 2.15 bits per heavy atom. The summed E-state index contributed by atoms with van der Waals surface area (Å²) in [6.45, 7) is 0.0710. The molecule has 0 saturated carbocycles. The molecule has 0 spiro atoms. The SMILES string of the molecule is Nc1cn2cc(-c3c(Cl)c(F)c(Cn4ncnn4)c4[nH]ncc34)ccc2n1. The second kappa shape index (κ2) is 5.74. The Bertz CT molecular complexity index is 1290. The van der Waals surface area contributed by atoms with Crippen molar-refractivity contribution in [3.8, 4) is 11.1 Å². The molecule has 0 fully saturated rings. The Kier molecular flexibility index (Phi) is 3.34. The predicted molar refractivity (Wildman–Crippen MR) is 96.6 cm³/mol. The molecule has 0 radical (unpaired) electrons. The van der Waals surface area contributed by atoms with E-state index >= 15 is 4.39 Å². The maximum Gasteiger partial charge on any atom is 0.162 e. The van der Waals surface area contributed by atoms with Crippen LogP contribution >= 0.6 is 11.6 Å². The molecule has 27 heavy (non-hydrogen) atoms. The monoisotopic (exact) mass is 383 g/mol. The lowest BCUT2D eigenvalue weighted by Crippen LogP contribution is -2.07. The average molecular weight is 384 g/mol. The van der Waals surface area contributed by atoms with Crippen LogP contribution in [0, 0.1) is 5.82 Å². The van der Waals surface area contributed by atoms with E-state index in [0.29, 0.717) is 39.1 Å². The van der Waals surface area contributed by atoms with Crippen LogP contribution in [0.4, 0.5) is 10.2 Å². The molecule has 0 aliphatic carbocycles. The van der Waals surface area contributed by atoms with Gasteiger partial charge in [0.15, 0.2) is 6.33 Å². The Labute approximate surface area is 155 Å². The molecule has 1 aromatic carbocycles. The summed E-state index contributed by atoms with van der Waals surface area (Å²) >= 11 is 6.43. The van der Waals surface area contributed by atoms with Crippen molar-refractivity contribution in [3.05, 3.63) is 53.5 Å². The number of aromatic nitrogens is 8. The van der Waals surface area contributed by atoms with Crippen molar-refractivity contribution in [3.63, 3.8) is 0 Å². The number of imidazole rings is 1. The van der Waals surface area contributed by atoms with Crippen molar-refractivity contribution in [1.29, 1.82) is 0 Å². The van der Waals surface area contributed by atoms with Gasteiger partial charge in [0.2, 0.25) is 0 Å². The van der Waals surface area contributed by atoms with E-state index in [4.69, 9.17) is 17.3 Å². The van der Waals surface area contributed by atoms with Crippen molar-refractivity contribution in [2.24, 2.45) is 0 Å². The van der Waals surface area contributed by atoms with E-state index in [2.05, 4.69) is 30.6 Å². The van der Waals surface area contributed by atoms with Gasteiger partial charge in [-0.2, -0.15) is 9.90 Å². The van der Waals surface area contributed by atoms with Crippen LogP contribution in [0.15, 0.2) is 37.1 Å². The molecule has 4 heterocycles. The van der Waals surface area contributed by atoms with E-state index < -0.39 is 5.82 Å². The number of nitrogens with two attached hydrogens (primary N) is 1. The van der Waals surface area contributed by atoms with Crippen LogP contribution in [-0.4, -0.2) is 39.8 Å². The van der Waals surface area contributed by atoms with Gasteiger partial charge in [-0.05, 0) is 17.3 Å². The van der Waals surface area contributed by atoms with Crippen molar-refractivity contribution in [2.75, 3.05) is 5.73 Å². The molecular formula is C16H11ClFN9. The third-order valence-corrected chi connectivity index (χ3v) is 4.69. The zero-order chi connectivity index (χ0) is 18.5. The number of tetrazole rings is 1. The first kappa shape index (κ1) is 15.7. The zero-order valence-corrected chi connectivity index (χ0v) is 14.4. The van der Waals surface area contributed by atoms with Crippen LogP contribution in [0.25, 0.3) is 27.7 Å². The summed E-state index contributed by atoms with van der Waals surface area (Å²) in [7, 11) is 0. The molecule has 5 rings (SSSR count). The number of halogens is 2. The molecule has 0 amide bonds. The van der Waals surface area contributed by atoms with E-state index in [1.54, 1.807) is 29.1 Å².